The fourth-order valence-electron chi connectivity index (χ4n) is 0.385. The van der Waals surface area contributed by atoms with Crippen molar-refractivity contribution in [1.82, 2.24) is 0 Å². The fraction of sp³-hybridized carbons (Fsp3) is 0. The second kappa shape index (κ2) is 8.27. The second-order valence-electron chi connectivity index (χ2n) is 1.56. The van der Waals surface area contributed by atoms with Gasteiger partial charge in [0.15, 0.2) is 0 Å². The van der Waals surface area contributed by atoms with Crippen molar-refractivity contribution in [1.29, 1.82) is 0 Å². The van der Waals surface area contributed by atoms with Gasteiger partial charge >= 0.3 is 48.9 Å². The quantitative estimate of drug-likeness (QED) is 0.383. The number of hydrogen-bond donors (Lipinski definition) is 0. The monoisotopic (exact) mass is 312 g/mol. The first kappa shape index (κ1) is 15.1. The molecule has 0 aliphatic rings. The van der Waals surface area contributed by atoms with E-state index in [1.165, 1.54) is 0 Å². The molecule has 0 fully saturated rings. The predicted molar refractivity (Wildman–Crippen MR) is 42.7 cm³/mol. The van der Waals surface area contributed by atoms with Gasteiger partial charge in [-0.15, -0.1) is 0 Å². The largest absolute Gasteiger partial charge is 2.00 e. The average molecular weight is 312 g/mol. The summed E-state index contributed by atoms with van der Waals surface area (Å²) in [4.78, 5) is 0. The molecule has 0 aromatic heterocycles. The van der Waals surface area contributed by atoms with Gasteiger partial charge in [0, 0.05) is 10.4 Å². The predicted octanol–water partition coefficient (Wildman–Crippen LogP) is -0.0322. The maximum absolute atomic E-state index is 8.52. The third-order valence-corrected chi connectivity index (χ3v) is 0.667. The van der Waals surface area contributed by atoms with Crippen LogP contribution in [0.25, 0.3) is 0 Å². The van der Waals surface area contributed by atoms with Crippen LogP contribution in [0, 0.1) is 0 Å². The molecule has 0 unspecified atom stereocenters. The Balaban J connectivity index is 0. The van der Waals surface area contributed by atoms with E-state index in [-0.39, 0.29) is 48.9 Å². The van der Waals surface area contributed by atoms with Crippen LogP contribution in [0.3, 0.4) is 0 Å². The van der Waals surface area contributed by atoms with Gasteiger partial charge in [0.2, 0.25) is 0 Å². The Kier molecular flexibility index (Phi) is 10.4. The van der Waals surface area contributed by atoms with Gasteiger partial charge in [-0.3, -0.25) is 8.42 Å². The van der Waals surface area contributed by atoms with E-state index in [0.717, 1.165) is 0 Å². The molecule has 62 valence electrons. The van der Waals surface area contributed by atoms with E-state index < -0.39 is 10.4 Å². The van der Waals surface area contributed by atoms with Crippen molar-refractivity contribution in [3.05, 3.63) is 36.4 Å². The van der Waals surface area contributed by atoms with Crippen LogP contribution >= 0.6 is 0 Å². The van der Waals surface area contributed by atoms with E-state index in [9.17, 15) is 0 Å². The van der Waals surface area contributed by atoms with Gasteiger partial charge in [0.25, 0.3) is 0 Å². The summed E-state index contributed by atoms with van der Waals surface area (Å²) in [5.74, 6) is 0. The average Bonchev–Trinajstić information content (AvgIpc) is 1.88. The van der Waals surface area contributed by atoms with Gasteiger partial charge in [0.1, 0.15) is 0 Å². The van der Waals surface area contributed by atoms with Crippen LogP contribution in [0.5, 0.6) is 0 Å². The Bertz CT molecular complexity index is 236. The normalized spacial score (nSPS) is 8.83. The molecule has 1 aromatic carbocycles. The van der Waals surface area contributed by atoms with Crippen LogP contribution in [0.1, 0.15) is 0 Å². The van der Waals surface area contributed by atoms with E-state index in [1.54, 1.807) is 0 Å². The summed E-state index contributed by atoms with van der Waals surface area (Å²) in [6.07, 6.45) is 0. The molecule has 0 bridgehead atoms. The van der Waals surface area contributed by atoms with E-state index in [0.29, 0.717) is 0 Å². The Hall–Kier alpha value is 0.661. The van der Waals surface area contributed by atoms with Crippen molar-refractivity contribution in [3.8, 4) is 0 Å². The minimum Gasteiger partial charge on any atom is -0.759 e. The molecule has 1 aromatic rings. The molecule has 0 saturated heterocycles. The summed E-state index contributed by atoms with van der Waals surface area (Å²) in [5, 5.41) is 0. The smallest absolute Gasteiger partial charge is 0.759 e. The third kappa shape index (κ3) is 22.4. The van der Waals surface area contributed by atoms with Gasteiger partial charge in [-0.2, -0.15) is 0 Å². The zero-order chi connectivity index (χ0) is 8.74. The summed E-state index contributed by atoms with van der Waals surface area (Å²) >= 11 is 0. The van der Waals surface area contributed by atoms with Gasteiger partial charge in [0.05, 0.1) is 0 Å². The molecular formula is C6H6BaO4S. The third-order valence-electron chi connectivity index (χ3n) is 0.667. The van der Waals surface area contributed by atoms with E-state index >= 15 is 0 Å². The number of hydrogen-bond acceptors (Lipinski definition) is 4. The van der Waals surface area contributed by atoms with Gasteiger partial charge in [-0.05, 0) is 0 Å². The molecule has 0 aliphatic carbocycles. The maximum Gasteiger partial charge on any atom is 2.00 e. The van der Waals surface area contributed by atoms with Gasteiger partial charge < -0.3 is 9.11 Å². The first-order valence-corrected chi connectivity index (χ1v) is 4.00. The molecule has 0 heterocycles. The zero-order valence-electron chi connectivity index (χ0n) is 6.21. The van der Waals surface area contributed by atoms with Crippen LogP contribution in [0.4, 0.5) is 0 Å². The van der Waals surface area contributed by atoms with E-state index in [2.05, 4.69) is 0 Å². The second-order valence-corrected chi connectivity index (χ2v) is 2.38. The summed E-state index contributed by atoms with van der Waals surface area (Å²) in [6, 6.07) is 12.0. The van der Waals surface area contributed by atoms with Gasteiger partial charge in [-0.1, -0.05) is 36.4 Å². The standard InChI is InChI=1S/C6H6.Ba.H2O4S/c1-2-4-6-5-3-1;;1-5(2,3)4/h1-6H;;(H2,1,2,3,4)/q;+2;/p-2. The molecule has 12 heavy (non-hydrogen) atoms. The Morgan fingerprint density at radius 2 is 0.833 bits per heavy atom. The minimum absolute atomic E-state index is 0. The molecule has 1 rings (SSSR count). The molecular weight excluding hydrogens is 305 g/mol. The van der Waals surface area contributed by atoms with Crippen molar-refractivity contribution < 1.29 is 17.5 Å². The minimum atomic E-state index is -5.17. The topological polar surface area (TPSA) is 80.3 Å². The summed E-state index contributed by atoms with van der Waals surface area (Å²) in [7, 11) is -5.17. The molecule has 0 atom stereocenters. The SMILES string of the molecule is O=S(=O)([O-])[O-].[Ba+2].c1ccccc1. The van der Waals surface area contributed by atoms with E-state index in [1.807, 2.05) is 36.4 Å². The Labute approximate surface area is 112 Å². The van der Waals surface area contributed by atoms with Gasteiger partial charge in [-0.25, -0.2) is 0 Å². The zero-order valence-corrected chi connectivity index (χ0v) is 11.5. The maximum atomic E-state index is 8.52. The summed E-state index contributed by atoms with van der Waals surface area (Å²) in [5.41, 5.74) is 0. The molecule has 4 nitrogen and oxygen atoms in total. The number of rotatable bonds is 0. The Morgan fingerprint density at radius 3 is 0.917 bits per heavy atom. The molecule has 0 aliphatic heterocycles. The van der Waals surface area contributed by atoms with Crippen molar-refractivity contribution in [2.75, 3.05) is 0 Å². The molecule has 0 spiro atoms. The summed E-state index contributed by atoms with van der Waals surface area (Å²) < 4.78 is 34.1. The van der Waals surface area contributed by atoms with Crippen LogP contribution < -0.4 is 0 Å². The van der Waals surface area contributed by atoms with Crippen LogP contribution in [0.2, 0.25) is 0 Å². The fourth-order valence-corrected chi connectivity index (χ4v) is 0.385. The Morgan fingerprint density at radius 1 is 0.750 bits per heavy atom. The van der Waals surface area contributed by atoms with Crippen molar-refractivity contribution in [2.24, 2.45) is 0 Å². The van der Waals surface area contributed by atoms with Crippen LogP contribution in [0.15, 0.2) is 36.4 Å². The molecule has 6 heteroatoms. The van der Waals surface area contributed by atoms with E-state index in [4.69, 9.17) is 17.5 Å². The van der Waals surface area contributed by atoms with Crippen molar-refractivity contribution in [2.45, 2.75) is 0 Å². The first-order chi connectivity index (χ1) is 5.00. The first-order valence-electron chi connectivity index (χ1n) is 2.67. The number of benzene rings is 1. The van der Waals surface area contributed by atoms with Crippen molar-refractivity contribution >= 4 is 59.3 Å². The molecule has 0 radical (unpaired) electrons. The van der Waals surface area contributed by atoms with Crippen LogP contribution in [-0.4, -0.2) is 66.4 Å². The molecule has 0 saturated carbocycles. The van der Waals surface area contributed by atoms with Crippen molar-refractivity contribution in [3.63, 3.8) is 0 Å². The van der Waals surface area contributed by atoms with Crippen LogP contribution in [-0.2, 0) is 10.4 Å². The molecule has 0 N–H and O–H groups in total. The molecule has 0 amide bonds. The summed E-state index contributed by atoms with van der Waals surface area (Å²) in [6.45, 7) is 0.